The van der Waals surface area contributed by atoms with Gasteiger partial charge in [-0.05, 0) is 20.8 Å². The molecule has 0 heterocycles. The van der Waals surface area contributed by atoms with Gasteiger partial charge in [0, 0.05) is 0 Å². The van der Waals surface area contributed by atoms with Gasteiger partial charge in [0.25, 0.3) is 0 Å². The fourth-order valence-electron chi connectivity index (χ4n) is 0.816. The summed E-state index contributed by atoms with van der Waals surface area (Å²) < 4.78 is 10.8. The van der Waals surface area contributed by atoms with Crippen LogP contribution >= 0.6 is 0 Å². The third-order valence-corrected chi connectivity index (χ3v) is 2.69. The minimum absolute atomic E-state index is 0.161. The molecule has 0 N–H and O–H groups in total. The second-order valence-corrected chi connectivity index (χ2v) is 4.48. The van der Waals surface area contributed by atoms with Crippen molar-refractivity contribution < 1.29 is 9.47 Å². The minimum Gasteiger partial charge on any atom is -0.465 e. The Bertz CT molecular complexity index is 193. The summed E-state index contributed by atoms with van der Waals surface area (Å²) >= 11 is 0. The molecule has 3 heteroatoms. The predicted octanol–water partition coefficient (Wildman–Crippen LogP) is 2.07. The Balaban J connectivity index is 4.01. The lowest BCUT2D eigenvalue weighted by Gasteiger charge is -2.18. The Kier molecular flexibility index (Phi) is 6.06. The molecule has 13 heavy (non-hydrogen) atoms. The molecule has 0 saturated carbocycles. The van der Waals surface area contributed by atoms with Crippen LogP contribution in [0.5, 0.6) is 0 Å². The molecule has 0 aromatic heterocycles. The Morgan fingerprint density at radius 3 is 2.00 bits per heavy atom. The molecule has 0 radical (unpaired) electrons. The van der Waals surface area contributed by atoms with Crippen LogP contribution in [0.4, 0.5) is 0 Å². The Labute approximate surface area is 82.8 Å². The molecule has 0 fully saturated rings. The SMILES string of the molecule is C=C(C)OC(OC(=C)C)[SiH2]C=CC. The van der Waals surface area contributed by atoms with Crippen molar-refractivity contribution in [2.75, 3.05) is 0 Å². The van der Waals surface area contributed by atoms with Crippen LogP contribution in [0.3, 0.4) is 0 Å². The highest BCUT2D eigenvalue weighted by molar-refractivity contribution is 6.43. The summed E-state index contributed by atoms with van der Waals surface area (Å²) in [4.78, 5) is 0. The van der Waals surface area contributed by atoms with Gasteiger partial charge in [-0.1, -0.05) is 24.9 Å². The molecule has 74 valence electrons. The Morgan fingerprint density at radius 1 is 1.23 bits per heavy atom. The number of allylic oxidation sites excluding steroid dienone is 3. The van der Waals surface area contributed by atoms with E-state index in [1.165, 1.54) is 0 Å². The monoisotopic (exact) mass is 198 g/mol. The van der Waals surface area contributed by atoms with E-state index >= 15 is 0 Å². The first-order chi connectivity index (χ1) is 6.06. The summed E-state index contributed by atoms with van der Waals surface area (Å²) in [7, 11) is -0.507. The highest BCUT2D eigenvalue weighted by Crippen LogP contribution is 2.05. The Hall–Kier alpha value is -0.963. The van der Waals surface area contributed by atoms with Crippen LogP contribution in [0, 0.1) is 0 Å². The van der Waals surface area contributed by atoms with Gasteiger partial charge in [0.1, 0.15) is 9.52 Å². The van der Waals surface area contributed by atoms with Crippen molar-refractivity contribution in [2.24, 2.45) is 0 Å². The topological polar surface area (TPSA) is 18.5 Å². The standard InChI is InChI=1S/C10H18O2Si/c1-6-7-13-10(11-8(2)3)12-9(4)5/h6-7,10H,2,4,13H2,1,3,5H3. The predicted molar refractivity (Wildman–Crippen MR) is 58.9 cm³/mol. The molecular formula is C10H18O2Si. The van der Waals surface area contributed by atoms with Crippen molar-refractivity contribution in [3.8, 4) is 0 Å². The van der Waals surface area contributed by atoms with Crippen molar-refractivity contribution in [2.45, 2.75) is 26.7 Å². The largest absolute Gasteiger partial charge is 0.465 e. The van der Waals surface area contributed by atoms with Gasteiger partial charge in [0.15, 0.2) is 0 Å². The molecule has 0 atom stereocenters. The summed E-state index contributed by atoms with van der Waals surface area (Å²) in [5.41, 5.74) is 2.12. The zero-order chi connectivity index (χ0) is 10.3. The van der Waals surface area contributed by atoms with Gasteiger partial charge in [-0.2, -0.15) is 0 Å². The molecule has 0 aromatic rings. The van der Waals surface area contributed by atoms with E-state index in [4.69, 9.17) is 9.47 Å². The van der Waals surface area contributed by atoms with Crippen molar-refractivity contribution in [1.82, 2.24) is 0 Å². The van der Waals surface area contributed by atoms with E-state index in [9.17, 15) is 0 Å². The Morgan fingerprint density at radius 2 is 1.69 bits per heavy atom. The van der Waals surface area contributed by atoms with Gasteiger partial charge in [0.05, 0.1) is 11.5 Å². The van der Waals surface area contributed by atoms with Gasteiger partial charge >= 0.3 is 0 Å². The smallest absolute Gasteiger partial charge is 0.215 e. The summed E-state index contributed by atoms with van der Waals surface area (Å²) in [6.45, 7) is 13.0. The van der Waals surface area contributed by atoms with Crippen LogP contribution in [0.15, 0.2) is 36.5 Å². The molecule has 0 spiro atoms. The molecule has 0 saturated heterocycles. The van der Waals surface area contributed by atoms with Gasteiger partial charge < -0.3 is 9.47 Å². The van der Waals surface area contributed by atoms with Crippen LogP contribution in [-0.2, 0) is 9.47 Å². The van der Waals surface area contributed by atoms with Gasteiger partial charge in [0.2, 0.25) is 5.91 Å². The summed E-state index contributed by atoms with van der Waals surface area (Å²) in [6.07, 6.45) is 2.02. The lowest BCUT2D eigenvalue weighted by Crippen LogP contribution is -2.21. The van der Waals surface area contributed by atoms with Gasteiger partial charge in [-0.15, -0.1) is 0 Å². The average molecular weight is 198 g/mol. The highest BCUT2D eigenvalue weighted by Gasteiger charge is 2.08. The molecule has 0 aromatic carbocycles. The van der Waals surface area contributed by atoms with E-state index < -0.39 is 9.52 Å². The third-order valence-electron chi connectivity index (χ3n) is 1.23. The van der Waals surface area contributed by atoms with Crippen molar-refractivity contribution >= 4 is 9.52 Å². The zero-order valence-corrected chi connectivity index (χ0v) is 10.1. The van der Waals surface area contributed by atoms with Crippen molar-refractivity contribution in [3.63, 3.8) is 0 Å². The maximum absolute atomic E-state index is 5.40. The maximum Gasteiger partial charge on any atom is 0.215 e. The van der Waals surface area contributed by atoms with E-state index in [1.807, 2.05) is 26.8 Å². The van der Waals surface area contributed by atoms with Crippen LogP contribution in [-0.4, -0.2) is 15.4 Å². The van der Waals surface area contributed by atoms with E-state index in [0.29, 0.717) is 11.5 Å². The van der Waals surface area contributed by atoms with Crippen LogP contribution in [0.25, 0.3) is 0 Å². The summed E-state index contributed by atoms with van der Waals surface area (Å²) in [6, 6.07) is 0. The van der Waals surface area contributed by atoms with E-state index in [-0.39, 0.29) is 5.91 Å². The van der Waals surface area contributed by atoms with Gasteiger partial charge in [-0.25, -0.2) is 0 Å². The minimum atomic E-state index is -0.507. The number of rotatable bonds is 6. The van der Waals surface area contributed by atoms with E-state index in [1.54, 1.807) is 0 Å². The van der Waals surface area contributed by atoms with Crippen molar-refractivity contribution in [1.29, 1.82) is 0 Å². The molecule has 0 rings (SSSR count). The average Bonchev–Trinajstić information content (AvgIpc) is 1.98. The number of ether oxygens (including phenoxy) is 2. The molecule has 0 bridgehead atoms. The molecule has 0 amide bonds. The highest BCUT2D eigenvalue weighted by atomic mass is 28.2. The summed E-state index contributed by atoms with van der Waals surface area (Å²) in [5.74, 6) is 1.21. The second kappa shape index (κ2) is 6.54. The van der Waals surface area contributed by atoms with Gasteiger partial charge in [-0.3, -0.25) is 0 Å². The first kappa shape index (κ1) is 12.0. The third kappa shape index (κ3) is 7.40. The molecule has 0 unspecified atom stereocenters. The molecule has 0 aliphatic heterocycles. The van der Waals surface area contributed by atoms with E-state index in [2.05, 4.69) is 18.9 Å². The number of hydrogen-bond acceptors (Lipinski definition) is 2. The quantitative estimate of drug-likeness (QED) is 0.369. The number of hydrogen-bond donors (Lipinski definition) is 0. The van der Waals surface area contributed by atoms with Crippen LogP contribution in [0.1, 0.15) is 20.8 Å². The lowest BCUT2D eigenvalue weighted by atomic mass is 10.6. The maximum atomic E-state index is 5.40. The fraction of sp³-hybridized carbons (Fsp3) is 0.400. The van der Waals surface area contributed by atoms with Crippen LogP contribution < -0.4 is 0 Å². The fourth-order valence-corrected chi connectivity index (χ4v) is 2.07. The normalized spacial score (nSPS) is 11.4. The molecule has 0 aliphatic carbocycles. The van der Waals surface area contributed by atoms with Crippen molar-refractivity contribution in [3.05, 3.63) is 36.5 Å². The lowest BCUT2D eigenvalue weighted by molar-refractivity contribution is -0.0241. The zero-order valence-electron chi connectivity index (χ0n) is 8.67. The van der Waals surface area contributed by atoms with Crippen LogP contribution in [0.2, 0.25) is 0 Å². The molecular weight excluding hydrogens is 180 g/mol. The first-order valence-corrected chi connectivity index (χ1v) is 5.95. The summed E-state index contributed by atoms with van der Waals surface area (Å²) in [5, 5.41) is 0. The molecule has 0 aliphatic rings. The molecule has 2 nitrogen and oxygen atoms in total. The first-order valence-electron chi connectivity index (χ1n) is 4.31. The second-order valence-electron chi connectivity index (χ2n) is 2.87. The van der Waals surface area contributed by atoms with E-state index in [0.717, 1.165) is 0 Å².